The van der Waals surface area contributed by atoms with E-state index in [0.29, 0.717) is 0 Å². The van der Waals surface area contributed by atoms with Crippen molar-refractivity contribution in [2.75, 3.05) is 14.2 Å². The Morgan fingerprint density at radius 1 is 1.15 bits per heavy atom. The molecule has 0 aliphatic carbocycles. The Balaban J connectivity index is 2.13. The molecule has 5 atom stereocenters. The lowest BCUT2D eigenvalue weighted by Crippen LogP contribution is -2.58. The van der Waals surface area contributed by atoms with E-state index >= 15 is 0 Å². The monoisotopic (exact) mass is 284 g/mol. The summed E-state index contributed by atoms with van der Waals surface area (Å²) in [5.74, 6) is 0. The van der Waals surface area contributed by atoms with Crippen molar-refractivity contribution in [2.24, 2.45) is 0 Å². The Bertz CT molecular complexity index is 436. The highest BCUT2D eigenvalue weighted by Gasteiger charge is 2.45. The quantitative estimate of drug-likeness (QED) is 0.827. The minimum absolute atomic E-state index is 0.136. The predicted molar refractivity (Wildman–Crippen MR) is 69.5 cm³/mol. The molecule has 2 rings (SSSR count). The number of hydrogen-bond acceptors (Lipinski definition) is 6. The molecule has 20 heavy (non-hydrogen) atoms. The number of carbonyl (C=O) groups excluding carboxylic acids is 1. The standard InChI is InChI=1S/C13H20N2O5/c1-8-10(17-3)12(18-4)11(9(2)19-8)20-13(16)15-6-5-14-7-15/h5-12H,1-4H3/t8-,9+,10-,11+,12-/m0/s1. The summed E-state index contributed by atoms with van der Waals surface area (Å²) in [5.41, 5.74) is 0. The van der Waals surface area contributed by atoms with E-state index in [0.717, 1.165) is 0 Å². The molecule has 0 radical (unpaired) electrons. The van der Waals surface area contributed by atoms with Crippen molar-refractivity contribution in [3.05, 3.63) is 18.7 Å². The van der Waals surface area contributed by atoms with E-state index in [1.807, 2.05) is 13.8 Å². The number of ether oxygens (including phenoxy) is 4. The number of methoxy groups -OCH3 is 2. The summed E-state index contributed by atoms with van der Waals surface area (Å²) in [6.45, 7) is 3.75. The molecule has 1 saturated heterocycles. The van der Waals surface area contributed by atoms with Gasteiger partial charge in [-0.2, -0.15) is 0 Å². The molecular weight excluding hydrogens is 264 g/mol. The van der Waals surface area contributed by atoms with Gasteiger partial charge in [-0.15, -0.1) is 0 Å². The van der Waals surface area contributed by atoms with Crippen molar-refractivity contribution >= 4 is 6.09 Å². The Labute approximate surface area is 117 Å². The van der Waals surface area contributed by atoms with Crippen molar-refractivity contribution in [1.82, 2.24) is 9.55 Å². The third-order valence-corrected chi connectivity index (χ3v) is 3.50. The van der Waals surface area contributed by atoms with Crippen LogP contribution in [0.2, 0.25) is 0 Å². The number of hydrogen-bond donors (Lipinski definition) is 0. The van der Waals surface area contributed by atoms with Crippen LogP contribution >= 0.6 is 0 Å². The van der Waals surface area contributed by atoms with Crippen LogP contribution in [0, 0.1) is 0 Å². The molecule has 1 aromatic heterocycles. The molecule has 7 heteroatoms. The third-order valence-electron chi connectivity index (χ3n) is 3.50. The first-order valence-corrected chi connectivity index (χ1v) is 6.48. The fraction of sp³-hybridized carbons (Fsp3) is 0.692. The van der Waals surface area contributed by atoms with Gasteiger partial charge in [0.2, 0.25) is 0 Å². The smallest absolute Gasteiger partial charge is 0.419 e. The van der Waals surface area contributed by atoms with Crippen LogP contribution in [-0.2, 0) is 18.9 Å². The van der Waals surface area contributed by atoms with Crippen molar-refractivity contribution in [3.8, 4) is 0 Å². The lowest BCUT2D eigenvalue weighted by atomic mass is 9.96. The first-order valence-electron chi connectivity index (χ1n) is 6.48. The SMILES string of the molecule is CO[C@H]1[C@@H](OC)[C@H](C)O[C@H](C)[C@H]1OC(=O)n1ccnc1. The zero-order valence-electron chi connectivity index (χ0n) is 12.1. The highest BCUT2D eigenvalue weighted by molar-refractivity contribution is 5.70. The molecule has 0 spiro atoms. The molecule has 1 aliphatic heterocycles. The van der Waals surface area contributed by atoms with Gasteiger partial charge in [-0.1, -0.05) is 0 Å². The molecule has 0 N–H and O–H groups in total. The van der Waals surface area contributed by atoms with E-state index in [1.54, 1.807) is 14.2 Å². The van der Waals surface area contributed by atoms with E-state index in [1.165, 1.54) is 23.3 Å². The highest BCUT2D eigenvalue weighted by atomic mass is 16.6. The van der Waals surface area contributed by atoms with E-state index in [-0.39, 0.29) is 24.4 Å². The average molecular weight is 284 g/mol. The van der Waals surface area contributed by atoms with E-state index in [9.17, 15) is 4.79 Å². The minimum Gasteiger partial charge on any atom is -0.440 e. The molecule has 7 nitrogen and oxygen atoms in total. The molecule has 1 fully saturated rings. The van der Waals surface area contributed by atoms with Crippen molar-refractivity contribution in [1.29, 1.82) is 0 Å². The van der Waals surface area contributed by atoms with E-state index in [4.69, 9.17) is 18.9 Å². The topological polar surface area (TPSA) is 71.8 Å². The first kappa shape index (κ1) is 15.0. The lowest BCUT2D eigenvalue weighted by Gasteiger charge is -2.42. The molecule has 0 amide bonds. The Morgan fingerprint density at radius 3 is 2.35 bits per heavy atom. The zero-order valence-corrected chi connectivity index (χ0v) is 12.1. The maximum atomic E-state index is 12.0. The fourth-order valence-electron chi connectivity index (χ4n) is 2.52. The maximum Gasteiger partial charge on any atom is 0.419 e. The third kappa shape index (κ3) is 2.84. The van der Waals surface area contributed by atoms with Gasteiger partial charge in [0.1, 0.15) is 18.5 Å². The van der Waals surface area contributed by atoms with E-state index in [2.05, 4.69) is 4.98 Å². The Kier molecular flexibility index (Phi) is 4.74. The number of aromatic nitrogens is 2. The first-order chi connectivity index (χ1) is 9.58. The number of nitrogens with zero attached hydrogens (tertiary/aromatic N) is 2. The summed E-state index contributed by atoms with van der Waals surface area (Å²) in [5, 5.41) is 0. The zero-order chi connectivity index (χ0) is 14.7. The molecule has 0 saturated carbocycles. The molecular formula is C13H20N2O5. The molecule has 2 heterocycles. The summed E-state index contributed by atoms with van der Waals surface area (Å²) in [6, 6.07) is 0. The molecule has 0 unspecified atom stereocenters. The van der Waals surface area contributed by atoms with Gasteiger partial charge in [0, 0.05) is 26.6 Å². The molecule has 1 aromatic rings. The van der Waals surface area contributed by atoms with Crippen LogP contribution in [-0.4, -0.2) is 60.4 Å². The van der Waals surface area contributed by atoms with Crippen LogP contribution in [0.3, 0.4) is 0 Å². The second-order valence-corrected chi connectivity index (χ2v) is 4.77. The van der Waals surface area contributed by atoms with Crippen molar-refractivity contribution < 1.29 is 23.7 Å². The number of carbonyl (C=O) groups is 1. The summed E-state index contributed by atoms with van der Waals surface area (Å²) >= 11 is 0. The second-order valence-electron chi connectivity index (χ2n) is 4.77. The van der Waals surface area contributed by atoms with Gasteiger partial charge in [0.05, 0.1) is 12.2 Å². The van der Waals surface area contributed by atoms with Gasteiger partial charge in [-0.25, -0.2) is 14.3 Å². The van der Waals surface area contributed by atoms with Crippen LogP contribution in [0.25, 0.3) is 0 Å². The van der Waals surface area contributed by atoms with Gasteiger partial charge in [0.15, 0.2) is 6.10 Å². The van der Waals surface area contributed by atoms with Gasteiger partial charge in [0.25, 0.3) is 0 Å². The number of rotatable bonds is 3. The maximum absolute atomic E-state index is 12.0. The minimum atomic E-state index is -0.545. The Morgan fingerprint density at radius 2 is 1.80 bits per heavy atom. The predicted octanol–water partition coefficient (Wildman–Crippen LogP) is 1.07. The lowest BCUT2D eigenvalue weighted by molar-refractivity contribution is -0.226. The second kappa shape index (κ2) is 6.34. The van der Waals surface area contributed by atoms with Crippen LogP contribution in [0.5, 0.6) is 0 Å². The number of imidazole rings is 1. The molecule has 1 aliphatic rings. The largest absolute Gasteiger partial charge is 0.440 e. The summed E-state index contributed by atoms with van der Waals surface area (Å²) in [4.78, 5) is 15.8. The fourth-order valence-corrected chi connectivity index (χ4v) is 2.52. The van der Waals surface area contributed by atoms with Gasteiger partial charge < -0.3 is 18.9 Å². The van der Waals surface area contributed by atoms with Gasteiger partial charge in [-0.05, 0) is 13.8 Å². The molecule has 0 aromatic carbocycles. The van der Waals surface area contributed by atoms with Gasteiger partial charge >= 0.3 is 6.09 Å². The average Bonchev–Trinajstić information content (AvgIpc) is 2.95. The van der Waals surface area contributed by atoms with Crippen LogP contribution < -0.4 is 0 Å². The van der Waals surface area contributed by atoms with Crippen LogP contribution in [0.15, 0.2) is 18.7 Å². The Hall–Kier alpha value is -1.44. The van der Waals surface area contributed by atoms with E-state index < -0.39 is 12.2 Å². The van der Waals surface area contributed by atoms with Crippen molar-refractivity contribution in [2.45, 2.75) is 44.4 Å². The normalized spacial score (nSPS) is 33.9. The van der Waals surface area contributed by atoms with Gasteiger partial charge in [-0.3, -0.25) is 0 Å². The van der Waals surface area contributed by atoms with Crippen LogP contribution in [0.4, 0.5) is 4.79 Å². The van der Waals surface area contributed by atoms with Crippen LogP contribution in [0.1, 0.15) is 13.8 Å². The molecule has 0 bridgehead atoms. The molecule has 112 valence electrons. The summed E-state index contributed by atoms with van der Waals surface area (Å²) in [6.07, 6.45) is 2.25. The summed E-state index contributed by atoms with van der Waals surface area (Å²) in [7, 11) is 3.15. The summed E-state index contributed by atoms with van der Waals surface area (Å²) < 4.78 is 23.4. The van der Waals surface area contributed by atoms with Crippen molar-refractivity contribution in [3.63, 3.8) is 0 Å². The highest BCUT2D eigenvalue weighted by Crippen LogP contribution is 2.27.